The van der Waals surface area contributed by atoms with E-state index >= 15 is 0 Å². The van der Waals surface area contributed by atoms with E-state index in [2.05, 4.69) is 56.0 Å². The molecule has 6 atom stereocenters. The van der Waals surface area contributed by atoms with Crippen molar-refractivity contribution in [3.05, 3.63) is 114 Å². The number of nitrogens with one attached hydrogen (secondary N) is 6. The summed E-state index contributed by atoms with van der Waals surface area (Å²) in [6.07, 6.45) is 5.12. The Labute approximate surface area is 447 Å². The molecule has 5 amide bonds. The Morgan fingerprint density at radius 3 is 2.00 bits per heavy atom. The van der Waals surface area contributed by atoms with Crippen molar-refractivity contribution in [3.8, 4) is 0 Å². The monoisotopic (exact) mass is 1050 g/mol. The summed E-state index contributed by atoms with van der Waals surface area (Å²) >= 11 is 0. The molecule has 20 heteroatoms. The van der Waals surface area contributed by atoms with E-state index in [1.54, 1.807) is 31.5 Å². The van der Waals surface area contributed by atoms with Gasteiger partial charge in [-0.2, -0.15) is 0 Å². The maximum atomic E-state index is 14.5. The number of benzene rings is 2. The molecule has 20 nitrogen and oxygen atoms in total. The minimum Gasteiger partial charge on any atom is -0.393 e. The summed E-state index contributed by atoms with van der Waals surface area (Å²) in [5.74, 6) is -7.17. The Bertz CT molecular complexity index is 2350. The summed E-state index contributed by atoms with van der Waals surface area (Å²) in [5, 5.41) is 24.2. The third-order valence-corrected chi connectivity index (χ3v) is 13.4. The molecule has 2 heterocycles. The zero-order valence-electron chi connectivity index (χ0n) is 44.9. The number of ketones is 3. The third-order valence-electron chi connectivity index (χ3n) is 13.4. The molecule has 3 unspecified atom stereocenters. The first-order valence-electron chi connectivity index (χ1n) is 26.6. The van der Waals surface area contributed by atoms with Crippen LogP contribution in [0.4, 0.5) is 0 Å². The summed E-state index contributed by atoms with van der Waals surface area (Å²) in [7, 11) is 1.86. The van der Waals surface area contributed by atoms with Gasteiger partial charge >= 0.3 is 0 Å². The zero-order valence-corrected chi connectivity index (χ0v) is 44.9. The summed E-state index contributed by atoms with van der Waals surface area (Å²) in [6, 6.07) is 19.5. The van der Waals surface area contributed by atoms with Gasteiger partial charge in [0.1, 0.15) is 0 Å². The van der Waals surface area contributed by atoms with Crippen molar-refractivity contribution in [1.82, 2.24) is 52.0 Å². The highest BCUT2D eigenvalue weighted by molar-refractivity contribution is 5.99. The van der Waals surface area contributed by atoms with Crippen molar-refractivity contribution in [1.29, 1.82) is 0 Å². The van der Waals surface area contributed by atoms with Gasteiger partial charge in [-0.3, -0.25) is 48.3 Å². The first-order valence-corrected chi connectivity index (χ1v) is 26.6. The Morgan fingerprint density at radius 1 is 0.763 bits per heavy atom. The van der Waals surface area contributed by atoms with Crippen LogP contribution in [0.3, 0.4) is 0 Å². The molecule has 1 aliphatic rings. The molecule has 76 heavy (non-hydrogen) atoms. The van der Waals surface area contributed by atoms with Crippen LogP contribution in [0.25, 0.3) is 0 Å². The number of aromatic nitrogens is 1. The largest absolute Gasteiger partial charge is 0.393 e. The van der Waals surface area contributed by atoms with Gasteiger partial charge in [0.15, 0.2) is 17.3 Å². The van der Waals surface area contributed by atoms with Gasteiger partial charge in [0.05, 0.1) is 42.9 Å². The van der Waals surface area contributed by atoms with Gasteiger partial charge in [-0.1, -0.05) is 74.5 Å². The van der Waals surface area contributed by atoms with E-state index in [0.29, 0.717) is 30.6 Å². The average Bonchev–Trinajstić information content (AvgIpc) is 3.86. The second-order valence-electron chi connectivity index (χ2n) is 19.4. The van der Waals surface area contributed by atoms with E-state index in [4.69, 9.17) is 5.73 Å². The van der Waals surface area contributed by atoms with E-state index < -0.39 is 83.5 Å². The van der Waals surface area contributed by atoms with Gasteiger partial charge < -0.3 is 47.3 Å². The molecule has 0 saturated heterocycles. The highest BCUT2D eigenvalue weighted by atomic mass is 16.3. The fraction of sp³-hybridized carbons (Fsp3) is 0.518. The Balaban J connectivity index is 1.47. The fourth-order valence-corrected chi connectivity index (χ4v) is 8.91. The number of aliphatic hydroxyl groups excluding tert-OH is 1. The molecular formula is C56H81N11O9. The predicted octanol–water partition coefficient (Wildman–Crippen LogP) is 2.39. The third kappa shape index (κ3) is 21.8. The van der Waals surface area contributed by atoms with Gasteiger partial charge in [0, 0.05) is 74.8 Å². The normalized spacial score (nSPS) is 14.5. The van der Waals surface area contributed by atoms with Crippen LogP contribution < -0.4 is 38.0 Å². The number of nitrogens with two attached hydrogens (primary N) is 1. The van der Waals surface area contributed by atoms with Crippen molar-refractivity contribution in [3.63, 3.8) is 0 Å². The first-order chi connectivity index (χ1) is 36.5. The summed E-state index contributed by atoms with van der Waals surface area (Å²) < 4.78 is 0. The number of rotatable bonds is 37. The first kappa shape index (κ1) is 61.7. The molecule has 414 valence electrons. The zero-order chi connectivity index (χ0) is 55.4. The molecule has 0 radical (unpaired) electrons. The standard InChI is InChI=1S/C56H81N11O9/c1-6-65(7-2)28-15-14-23-48(51(71)34-47(40(4)68)56(76)60-27-24-53(73)66(38-52(57)72)36-46-37-67(64-63-46)29-17-25-58-5)62-55(75)44(30-41-18-10-8-11-19-41)32-49(69)39(3)61-54(74)45(31-42-20-12-9-13-21-42)33-50(70)43-22-16-26-59-35-43/h8-13,16,18-22,26,35,37,39-40,44-45,47-48,58,63-64,68H,6-7,14-15,17,23-25,27-34,36,38H2,1-5H3,(H2,57,72)(H,60,76)(H,61,74)(H,62,75)/t39-,40+,44?,45?,47?,48-/m0/s1. The Kier molecular flexibility index (Phi) is 27.0. The molecule has 4 rings (SSSR count). The smallest absolute Gasteiger partial charge is 0.237 e. The van der Waals surface area contributed by atoms with Crippen molar-refractivity contribution in [2.45, 2.75) is 110 Å². The van der Waals surface area contributed by atoms with E-state index in [1.165, 1.54) is 18.0 Å². The van der Waals surface area contributed by atoms with Crippen LogP contribution in [0, 0.1) is 17.8 Å². The van der Waals surface area contributed by atoms with Crippen LogP contribution in [-0.2, 0) is 46.4 Å². The molecular weight excluding hydrogens is 971 g/mol. The molecule has 1 aliphatic heterocycles. The maximum Gasteiger partial charge on any atom is 0.237 e. The summed E-state index contributed by atoms with van der Waals surface area (Å²) in [4.78, 5) is 117. The lowest BCUT2D eigenvalue weighted by Crippen LogP contribution is -2.48. The van der Waals surface area contributed by atoms with Gasteiger partial charge in [-0.15, -0.1) is 5.53 Å². The van der Waals surface area contributed by atoms with Crippen LogP contribution in [0.5, 0.6) is 0 Å². The van der Waals surface area contributed by atoms with Gasteiger partial charge in [-0.05, 0) is 109 Å². The summed E-state index contributed by atoms with van der Waals surface area (Å²) in [6.45, 7) is 10.5. The van der Waals surface area contributed by atoms with Crippen molar-refractivity contribution < 1.29 is 43.5 Å². The number of unbranched alkanes of at least 4 members (excludes halogenated alkanes) is 1. The lowest BCUT2D eigenvalue weighted by molar-refractivity contribution is -0.136. The number of aliphatic hydroxyl groups is 1. The number of hydrogen-bond acceptors (Lipinski definition) is 15. The number of carbonyl (C=O) groups is 8. The number of Topliss-reactive ketones (excluding diaryl/α,β-unsaturated/α-hetero) is 3. The highest BCUT2D eigenvalue weighted by Gasteiger charge is 2.34. The minimum absolute atomic E-state index is 0.0424. The van der Waals surface area contributed by atoms with Crippen LogP contribution in [-0.4, -0.2) is 149 Å². The molecule has 0 bridgehead atoms. The molecule has 1 aromatic heterocycles. The molecule has 3 aromatic rings. The second kappa shape index (κ2) is 33.2. The number of hydrazine groups is 2. The molecule has 0 fully saturated rings. The molecule has 2 aromatic carbocycles. The maximum absolute atomic E-state index is 14.5. The molecule has 0 aliphatic carbocycles. The lowest BCUT2D eigenvalue weighted by Gasteiger charge is -2.26. The second-order valence-corrected chi connectivity index (χ2v) is 19.4. The van der Waals surface area contributed by atoms with Gasteiger partial charge in [0.2, 0.25) is 29.5 Å². The van der Waals surface area contributed by atoms with Gasteiger partial charge in [-0.25, -0.2) is 0 Å². The van der Waals surface area contributed by atoms with Crippen LogP contribution in [0.2, 0.25) is 0 Å². The van der Waals surface area contributed by atoms with E-state index in [-0.39, 0.29) is 63.9 Å². The SMILES string of the molecule is CCN(CC)CCCC[C@H](NC(=O)C(CC(=O)[C@H](C)NC(=O)C(CC(=O)c1cccnc1)Cc1ccccc1)Cc1ccccc1)C(=O)CC(C(=O)NCCC(=O)N(CC(N)=O)CC1=CN(CCCNC)NN1)[C@@H](C)O. The van der Waals surface area contributed by atoms with E-state index in [9.17, 15) is 43.5 Å². The highest BCUT2D eigenvalue weighted by Crippen LogP contribution is 2.21. The van der Waals surface area contributed by atoms with Gasteiger partial charge in [0.25, 0.3) is 0 Å². The molecule has 9 N–H and O–H groups in total. The van der Waals surface area contributed by atoms with Crippen LogP contribution in [0.15, 0.2) is 97.1 Å². The van der Waals surface area contributed by atoms with E-state index in [0.717, 1.165) is 43.7 Å². The molecule has 0 saturated carbocycles. The van der Waals surface area contributed by atoms with Crippen molar-refractivity contribution >= 4 is 46.9 Å². The number of hydrogen-bond donors (Lipinski definition) is 8. The number of carbonyl (C=O) groups excluding carboxylic acids is 8. The number of pyridine rings is 1. The summed E-state index contributed by atoms with van der Waals surface area (Å²) in [5.41, 5.74) is 14.0. The number of nitrogens with zero attached hydrogens (tertiary/aromatic N) is 4. The topological polar surface area (TPSA) is 278 Å². The predicted molar refractivity (Wildman–Crippen MR) is 289 cm³/mol. The number of primary amides is 1. The number of amides is 5. The molecule has 0 spiro atoms. The van der Waals surface area contributed by atoms with Crippen molar-refractivity contribution in [2.24, 2.45) is 23.5 Å². The average molecular weight is 1050 g/mol. The Morgan fingerprint density at radius 2 is 1.41 bits per heavy atom. The minimum atomic E-state index is -1.30. The van der Waals surface area contributed by atoms with Crippen LogP contribution >= 0.6 is 0 Å². The fourth-order valence-electron chi connectivity index (χ4n) is 8.91. The van der Waals surface area contributed by atoms with Crippen LogP contribution in [0.1, 0.15) is 101 Å². The van der Waals surface area contributed by atoms with Crippen molar-refractivity contribution in [2.75, 3.05) is 59.4 Å². The Hall–Kier alpha value is -6.87. The van der Waals surface area contributed by atoms with E-state index in [1.807, 2.05) is 72.7 Å². The lowest BCUT2D eigenvalue weighted by atomic mass is 9.89. The quantitative estimate of drug-likeness (QED) is 0.0304.